The molecule has 1 saturated heterocycles. The van der Waals surface area contributed by atoms with Gasteiger partial charge in [0, 0.05) is 66.0 Å². The Hall–Kier alpha value is -3.98. The summed E-state index contributed by atoms with van der Waals surface area (Å²) in [4.78, 5) is 35.9. The number of carbonyl (C=O) groups excluding carboxylic acids is 1. The largest absolute Gasteiger partial charge is 0.507 e. The minimum atomic E-state index is -1.24. The van der Waals surface area contributed by atoms with E-state index in [2.05, 4.69) is 9.97 Å². The minimum Gasteiger partial charge on any atom is -0.507 e. The fourth-order valence-electron chi connectivity index (χ4n) is 6.90. The third-order valence-corrected chi connectivity index (χ3v) is 11.9. The summed E-state index contributed by atoms with van der Waals surface area (Å²) in [6.45, 7) is 3.44. The molecule has 0 radical (unpaired) electrons. The molecule has 3 aliphatic heterocycles. The second-order valence-electron chi connectivity index (χ2n) is 13.0. The summed E-state index contributed by atoms with van der Waals surface area (Å²) in [6.07, 6.45) is 2.66. The highest BCUT2D eigenvalue weighted by Crippen LogP contribution is 2.48. The van der Waals surface area contributed by atoms with Gasteiger partial charge in [-0.3, -0.25) is 4.79 Å². The third-order valence-electron chi connectivity index (χ3n) is 9.64. The number of pyridine rings is 2. The molecule has 3 aliphatic rings. The van der Waals surface area contributed by atoms with Crippen molar-refractivity contribution in [2.24, 2.45) is 0 Å². The van der Waals surface area contributed by atoms with E-state index in [1.165, 1.54) is 6.07 Å². The lowest BCUT2D eigenvalue weighted by Gasteiger charge is -2.42. The molecule has 0 saturated carbocycles. The van der Waals surface area contributed by atoms with Crippen LogP contribution in [0.15, 0.2) is 45.7 Å². The molecule has 2 bridgehead atoms. The number of hydrogen-bond acceptors (Lipinski definition) is 14. The summed E-state index contributed by atoms with van der Waals surface area (Å²) in [5.74, 6) is 1.95. The van der Waals surface area contributed by atoms with Gasteiger partial charge in [-0.05, 0) is 63.3 Å². The molecule has 1 aromatic carbocycles. The van der Waals surface area contributed by atoms with E-state index in [0.717, 1.165) is 16.7 Å². The van der Waals surface area contributed by atoms with E-state index in [0.29, 0.717) is 71.6 Å². The number of phenols is 1. The molecule has 6 N–H and O–H groups in total. The average Bonchev–Trinajstić information content (AvgIpc) is 3.77. The Labute approximate surface area is 290 Å². The number of epoxide rings is 1. The summed E-state index contributed by atoms with van der Waals surface area (Å²) in [6, 6.07) is 8.63. The van der Waals surface area contributed by atoms with Crippen LogP contribution in [0.4, 0.5) is 11.6 Å². The van der Waals surface area contributed by atoms with Gasteiger partial charge >= 0.3 is 5.97 Å². The monoisotopic (exact) mass is 706 g/mol. The number of nitrogens with two attached hydrogens (primary N) is 2. The van der Waals surface area contributed by atoms with Crippen LogP contribution in [-0.2, 0) is 32.9 Å². The maximum atomic E-state index is 14.1. The summed E-state index contributed by atoms with van der Waals surface area (Å²) < 4.78 is 24.8. The number of aliphatic hydroxyl groups is 1. The Morgan fingerprint density at radius 3 is 2.76 bits per heavy atom. The van der Waals surface area contributed by atoms with Gasteiger partial charge in [0.15, 0.2) is 11.0 Å². The zero-order valence-electron chi connectivity index (χ0n) is 27.2. The van der Waals surface area contributed by atoms with Gasteiger partial charge in [0.2, 0.25) is 0 Å². The second kappa shape index (κ2) is 13.0. The highest BCUT2D eigenvalue weighted by atomic mass is 33.1. The van der Waals surface area contributed by atoms with Crippen LogP contribution >= 0.6 is 21.6 Å². The van der Waals surface area contributed by atoms with Crippen molar-refractivity contribution in [1.82, 2.24) is 9.97 Å². The molecular formula is C35H38N4O8S2. The molecule has 0 unspecified atom stereocenters. The number of benzene rings is 1. The molecule has 49 heavy (non-hydrogen) atoms. The maximum Gasteiger partial charge on any atom is 0.341 e. The standard InChI is InChI=1S/C35H38N4O8S2/c1-18-12-24(41)30-26(44-18)16-25-21(31(30)42)15-28-34(2,46-25)8-11-48-49-17-22-20(6-9-38-32(22)37)23-13-19(14-29(36)39-23)4-5-27-35(47-27,7-3-10-40)33(43)45-28/h6,9,12-14,16,27-28,40,42H,3-5,7-8,10-11,15,17H2,1-2H3,(H2,36,39)(H2,37,38)/t27-,28-,34-,35-/m0/s1. The molecule has 0 amide bonds. The van der Waals surface area contributed by atoms with E-state index in [1.807, 2.05) is 25.1 Å². The zero-order chi connectivity index (χ0) is 34.5. The number of rotatable bonds is 3. The van der Waals surface area contributed by atoms with Crippen molar-refractivity contribution in [2.45, 2.75) is 81.5 Å². The molecule has 6 heterocycles. The molecule has 4 aromatic rings. The van der Waals surface area contributed by atoms with Crippen LogP contribution in [0.3, 0.4) is 0 Å². The molecule has 7 rings (SSSR count). The number of aromatic hydroxyl groups is 1. The van der Waals surface area contributed by atoms with Crippen LogP contribution in [0.25, 0.3) is 22.2 Å². The highest BCUT2D eigenvalue weighted by molar-refractivity contribution is 8.76. The molecular weight excluding hydrogens is 669 g/mol. The van der Waals surface area contributed by atoms with Gasteiger partial charge in [-0.2, -0.15) is 0 Å². The van der Waals surface area contributed by atoms with Gasteiger partial charge in [-0.25, -0.2) is 14.8 Å². The van der Waals surface area contributed by atoms with Crippen LogP contribution < -0.4 is 21.6 Å². The van der Waals surface area contributed by atoms with E-state index < -0.39 is 29.4 Å². The Balaban J connectivity index is 1.26. The number of aromatic nitrogens is 2. The van der Waals surface area contributed by atoms with E-state index in [-0.39, 0.29) is 41.6 Å². The maximum absolute atomic E-state index is 14.1. The average molecular weight is 707 g/mol. The number of nitrogens with zero attached hydrogens (tertiary/aromatic N) is 2. The predicted octanol–water partition coefficient (Wildman–Crippen LogP) is 4.86. The van der Waals surface area contributed by atoms with E-state index in [1.54, 1.807) is 40.8 Å². The lowest BCUT2D eigenvalue weighted by Crippen LogP contribution is -2.53. The Bertz CT molecular complexity index is 2010. The first-order valence-electron chi connectivity index (χ1n) is 16.2. The van der Waals surface area contributed by atoms with Gasteiger partial charge in [0.05, 0.1) is 11.8 Å². The van der Waals surface area contributed by atoms with Gasteiger partial charge in [0.25, 0.3) is 0 Å². The van der Waals surface area contributed by atoms with Crippen LogP contribution in [0.5, 0.6) is 11.5 Å². The fraction of sp³-hybridized carbons (Fsp3) is 0.429. The molecule has 3 aromatic heterocycles. The van der Waals surface area contributed by atoms with Crippen LogP contribution in [0.1, 0.15) is 55.1 Å². The first kappa shape index (κ1) is 33.5. The van der Waals surface area contributed by atoms with E-state index in [9.17, 15) is 19.8 Å². The van der Waals surface area contributed by atoms with Gasteiger partial charge in [-0.1, -0.05) is 21.6 Å². The predicted molar refractivity (Wildman–Crippen MR) is 188 cm³/mol. The number of aliphatic hydroxyl groups excluding tert-OH is 1. The second-order valence-corrected chi connectivity index (χ2v) is 15.6. The molecule has 4 atom stereocenters. The smallest absolute Gasteiger partial charge is 0.341 e. The number of carbonyl (C=O) groups is 1. The number of hydrogen-bond donors (Lipinski definition) is 4. The SMILES string of the molecule is Cc1cc(=O)c2c(O)c3c(cc2o1)O[C@@]1(C)CCSSCc2c(ccnc2N)-c2cc(cc(N)n2)CC[C@@H]2O[C@]2(CCCO)C(=O)O[C@H]1C3. The molecule has 0 aliphatic carbocycles. The van der Waals surface area contributed by atoms with E-state index in [4.69, 9.17) is 30.1 Å². The Morgan fingerprint density at radius 2 is 1.94 bits per heavy atom. The minimum absolute atomic E-state index is 0.0500. The summed E-state index contributed by atoms with van der Waals surface area (Å²) in [5.41, 5.74) is 13.9. The summed E-state index contributed by atoms with van der Waals surface area (Å²) in [5, 5.41) is 21.1. The van der Waals surface area contributed by atoms with Crippen molar-refractivity contribution in [1.29, 1.82) is 0 Å². The molecule has 1 fully saturated rings. The summed E-state index contributed by atoms with van der Waals surface area (Å²) in [7, 11) is 3.23. The molecule has 12 nitrogen and oxygen atoms in total. The molecule has 0 spiro atoms. The number of ether oxygens (including phenoxy) is 3. The van der Waals surface area contributed by atoms with Crippen LogP contribution in [0, 0.1) is 6.92 Å². The number of phenolic OH excluding ortho intramolecular Hbond substituents is 1. The summed E-state index contributed by atoms with van der Waals surface area (Å²) >= 11 is 0. The van der Waals surface area contributed by atoms with Crippen molar-refractivity contribution in [2.75, 3.05) is 23.8 Å². The highest BCUT2D eigenvalue weighted by Gasteiger charge is 2.63. The van der Waals surface area contributed by atoms with Crippen molar-refractivity contribution in [3.8, 4) is 22.8 Å². The first-order valence-corrected chi connectivity index (χ1v) is 18.7. The van der Waals surface area contributed by atoms with Gasteiger partial charge in [0.1, 0.15) is 51.6 Å². The normalized spacial score (nSPS) is 25.4. The van der Waals surface area contributed by atoms with E-state index >= 15 is 0 Å². The number of fused-ring (bicyclic) bond motifs is 8. The van der Waals surface area contributed by atoms with Crippen molar-refractivity contribution < 1.29 is 33.6 Å². The van der Waals surface area contributed by atoms with Gasteiger partial charge < -0.3 is 40.3 Å². The van der Waals surface area contributed by atoms with Crippen molar-refractivity contribution in [3.05, 3.63) is 69.2 Å². The third kappa shape index (κ3) is 6.31. The topological polar surface area (TPSA) is 197 Å². The van der Waals surface area contributed by atoms with Crippen LogP contribution in [0.2, 0.25) is 0 Å². The van der Waals surface area contributed by atoms with Crippen LogP contribution in [-0.4, -0.2) is 61.9 Å². The molecule has 14 heteroatoms. The Morgan fingerprint density at radius 1 is 1.10 bits per heavy atom. The number of aryl methyl sites for hydroxylation is 2. The Kier molecular flexibility index (Phi) is 8.92. The van der Waals surface area contributed by atoms with Gasteiger partial charge in [-0.15, -0.1) is 0 Å². The lowest BCUT2D eigenvalue weighted by atomic mass is 9.86. The first-order chi connectivity index (χ1) is 23.5. The number of nitrogen functional groups attached to an aromatic ring is 2. The zero-order valence-corrected chi connectivity index (χ0v) is 28.8. The quantitative estimate of drug-likeness (QED) is 0.128. The fourth-order valence-corrected chi connectivity index (χ4v) is 9.22. The number of anilines is 2. The lowest BCUT2D eigenvalue weighted by molar-refractivity contribution is -0.169. The molecule has 258 valence electrons. The number of esters is 1. The van der Waals surface area contributed by atoms with Crippen molar-refractivity contribution in [3.63, 3.8) is 0 Å². The van der Waals surface area contributed by atoms with Crippen molar-refractivity contribution >= 4 is 50.2 Å².